The van der Waals surface area contributed by atoms with Crippen molar-refractivity contribution in [2.75, 3.05) is 11.9 Å². The van der Waals surface area contributed by atoms with Gasteiger partial charge in [0.1, 0.15) is 6.04 Å². The van der Waals surface area contributed by atoms with Gasteiger partial charge >= 0.3 is 6.03 Å². The maximum Gasteiger partial charge on any atom is 0.322 e. The van der Waals surface area contributed by atoms with E-state index < -0.39 is 18.0 Å². The van der Waals surface area contributed by atoms with E-state index in [1.54, 1.807) is 24.3 Å². The van der Waals surface area contributed by atoms with Gasteiger partial charge < -0.3 is 16.0 Å². The Labute approximate surface area is 126 Å². The minimum Gasteiger partial charge on any atom is -0.352 e. The van der Waals surface area contributed by atoms with E-state index in [4.69, 9.17) is 0 Å². The van der Waals surface area contributed by atoms with Crippen LogP contribution in [-0.2, 0) is 9.59 Å². The molecule has 1 aliphatic heterocycles. The van der Waals surface area contributed by atoms with Crippen LogP contribution in [0.25, 0.3) is 0 Å². The normalized spacial score (nSPS) is 16.7. The Kier molecular flexibility index (Phi) is 4.72. The maximum atomic E-state index is 12.0. The Morgan fingerprint density at radius 2 is 2.05 bits per heavy atom. The predicted octanol–water partition coefficient (Wildman–Crippen LogP) is -0.0271. The number of carbonyl (C=O) groups excluding carboxylic acids is 4. The van der Waals surface area contributed by atoms with Crippen molar-refractivity contribution < 1.29 is 19.2 Å². The van der Waals surface area contributed by atoms with Gasteiger partial charge in [-0.05, 0) is 24.6 Å². The summed E-state index contributed by atoms with van der Waals surface area (Å²) in [5, 5.41) is 9.82. The molecule has 1 aliphatic rings. The van der Waals surface area contributed by atoms with E-state index in [0.29, 0.717) is 17.7 Å². The lowest BCUT2D eigenvalue weighted by Crippen LogP contribution is -2.34. The Hall–Kier alpha value is -2.90. The number of anilines is 1. The summed E-state index contributed by atoms with van der Waals surface area (Å²) in [7, 11) is 0. The number of hydrogen-bond acceptors (Lipinski definition) is 4. The fourth-order valence-corrected chi connectivity index (χ4v) is 2.04. The topological polar surface area (TPSA) is 116 Å². The van der Waals surface area contributed by atoms with Crippen LogP contribution in [0.2, 0.25) is 0 Å². The van der Waals surface area contributed by atoms with Crippen LogP contribution in [0.1, 0.15) is 23.7 Å². The van der Waals surface area contributed by atoms with Crippen molar-refractivity contribution in [2.45, 2.75) is 19.4 Å². The molecule has 1 aromatic rings. The zero-order chi connectivity index (χ0) is 16.1. The molecule has 0 spiro atoms. The third kappa shape index (κ3) is 4.05. The number of hydrogen-bond donors (Lipinski definition) is 4. The molecule has 1 atom stereocenters. The molecule has 1 unspecified atom stereocenters. The van der Waals surface area contributed by atoms with Gasteiger partial charge in [-0.15, -0.1) is 0 Å². The first-order chi connectivity index (χ1) is 10.5. The second kappa shape index (κ2) is 6.70. The molecular weight excluding hydrogens is 288 g/mol. The SMILES string of the molecule is CC(=O)Nc1cccc(C(=O)NCCC2NC(=O)NC2=O)c1. The second-order valence-electron chi connectivity index (χ2n) is 4.82. The van der Waals surface area contributed by atoms with Crippen molar-refractivity contribution in [1.29, 1.82) is 0 Å². The Balaban J connectivity index is 1.86. The largest absolute Gasteiger partial charge is 0.352 e. The average Bonchev–Trinajstić information content (AvgIpc) is 2.76. The van der Waals surface area contributed by atoms with Crippen molar-refractivity contribution in [3.8, 4) is 0 Å². The number of carbonyl (C=O) groups is 4. The van der Waals surface area contributed by atoms with Crippen LogP contribution in [0.3, 0.4) is 0 Å². The van der Waals surface area contributed by atoms with Crippen LogP contribution in [0.5, 0.6) is 0 Å². The third-order valence-corrected chi connectivity index (χ3v) is 3.02. The van der Waals surface area contributed by atoms with Gasteiger partial charge in [-0.25, -0.2) is 4.79 Å². The molecule has 116 valence electrons. The molecule has 1 aromatic carbocycles. The molecule has 1 fully saturated rings. The number of rotatable bonds is 5. The van der Waals surface area contributed by atoms with E-state index in [2.05, 4.69) is 21.3 Å². The lowest BCUT2D eigenvalue weighted by Gasteiger charge is -2.09. The standard InChI is InChI=1S/C14H16N4O4/c1-8(19)16-10-4-2-3-9(7-10)12(20)15-6-5-11-13(21)18-14(22)17-11/h2-4,7,11H,5-6H2,1H3,(H,15,20)(H,16,19)(H2,17,18,21,22). The molecule has 0 aliphatic carbocycles. The molecule has 0 aromatic heterocycles. The van der Waals surface area contributed by atoms with Gasteiger partial charge in [-0.1, -0.05) is 6.07 Å². The zero-order valence-electron chi connectivity index (χ0n) is 11.9. The van der Waals surface area contributed by atoms with Gasteiger partial charge in [0.05, 0.1) is 0 Å². The molecule has 1 heterocycles. The molecule has 4 N–H and O–H groups in total. The molecular formula is C14H16N4O4. The van der Waals surface area contributed by atoms with Gasteiger partial charge in [0.2, 0.25) is 5.91 Å². The number of imide groups is 1. The van der Waals surface area contributed by atoms with E-state index in [9.17, 15) is 19.2 Å². The second-order valence-corrected chi connectivity index (χ2v) is 4.82. The monoisotopic (exact) mass is 304 g/mol. The summed E-state index contributed by atoms with van der Waals surface area (Å²) in [6.45, 7) is 1.62. The maximum absolute atomic E-state index is 12.0. The van der Waals surface area contributed by atoms with E-state index in [0.717, 1.165) is 0 Å². The van der Waals surface area contributed by atoms with Crippen LogP contribution >= 0.6 is 0 Å². The van der Waals surface area contributed by atoms with Gasteiger partial charge in [0.25, 0.3) is 11.8 Å². The molecule has 2 rings (SSSR count). The molecule has 0 saturated carbocycles. The van der Waals surface area contributed by atoms with E-state index in [1.807, 2.05) is 0 Å². The minimum atomic E-state index is -0.626. The molecule has 0 radical (unpaired) electrons. The molecule has 8 nitrogen and oxygen atoms in total. The highest BCUT2D eigenvalue weighted by Gasteiger charge is 2.28. The molecule has 1 saturated heterocycles. The fraction of sp³-hybridized carbons (Fsp3) is 0.286. The number of amides is 5. The Morgan fingerprint density at radius 1 is 1.27 bits per heavy atom. The van der Waals surface area contributed by atoms with Gasteiger partial charge in [-0.2, -0.15) is 0 Å². The molecule has 5 amide bonds. The average molecular weight is 304 g/mol. The van der Waals surface area contributed by atoms with Gasteiger partial charge in [0, 0.05) is 24.7 Å². The number of benzene rings is 1. The van der Waals surface area contributed by atoms with Crippen LogP contribution in [0.15, 0.2) is 24.3 Å². The number of urea groups is 1. The summed E-state index contributed by atoms with van der Waals surface area (Å²) in [4.78, 5) is 45.3. The molecule has 0 bridgehead atoms. The van der Waals surface area contributed by atoms with Crippen LogP contribution in [-0.4, -0.2) is 36.3 Å². The summed E-state index contributed by atoms with van der Waals surface area (Å²) in [5.74, 6) is -0.940. The number of nitrogens with one attached hydrogen (secondary N) is 4. The third-order valence-electron chi connectivity index (χ3n) is 3.02. The lowest BCUT2D eigenvalue weighted by atomic mass is 10.1. The van der Waals surface area contributed by atoms with Gasteiger partial charge in [-0.3, -0.25) is 19.7 Å². The Bertz CT molecular complexity index is 629. The lowest BCUT2D eigenvalue weighted by molar-refractivity contribution is -0.120. The summed E-state index contributed by atoms with van der Waals surface area (Å²) in [6.07, 6.45) is 0.300. The fourth-order valence-electron chi connectivity index (χ4n) is 2.04. The first kappa shape index (κ1) is 15.5. The highest BCUT2D eigenvalue weighted by atomic mass is 16.2. The van der Waals surface area contributed by atoms with Crippen molar-refractivity contribution in [2.24, 2.45) is 0 Å². The van der Waals surface area contributed by atoms with Crippen molar-refractivity contribution in [3.05, 3.63) is 29.8 Å². The zero-order valence-corrected chi connectivity index (χ0v) is 11.9. The predicted molar refractivity (Wildman–Crippen MR) is 78.2 cm³/mol. The summed E-state index contributed by atoms with van der Waals surface area (Å²) < 4.78 is 0. The molecule has 8 heteroatoms. The van der Waals surface area contributed by atoms with Crippen LogP contribution in [0.4, 0.5) is 10.5 Å². The van der Waals surface area contributed by atoms with Gasteiger partial charge in [0.15, 0.2) is 0 Å². The van der Waals surface area contributed by atoms with Crippen LogP contribution in [0, 0.1) is 0 Å². The smallest absolute Gasteiger partial charge is 0.322 e. The van der Waals surface area contributed by atoms with Crippen LogP contribution < -0.4 is 21.3 Å². The minimum absolute atomic E-state index is 0.222. The Morgan fingerprint density at radius 3 is 2.68 bits per heavy atom. The van der Waals surface area contributed by atoms with E-state index >= 15 is 0 Å². The summed E-state index contributed by atoms with van der Waals surface area (Å²) in [5.41, 5.74) is 0.925. The van der Waals surface area contributed by atoms with Crippen molar-refractivity contribution >= 4 is 29.4 Å². The highest BCUT2D eigenvalue weighted by molar-refractivity contribution is 6.04. The highest BCUT2D eigenvalue weighted by Crippen LogP contribution is 2.10. The molecule has 22 heavy (non-hydrogen) atoms. The first-order valence-electron chi connectivity index (χ1n) is 6.73. The summed E-state index contributed by atoms with van der Waals surface area (Å²) >= 11 is 0. The van der Waals surface area contributed by atoms with E-state index in [-0.39, 0.29) is 18.4 Å². The van der Waals surface area contributed by atoms with E-state index in [1.165, 1.54) is 6.92 Å². The first-order valence-corrected chi connectivity index (χ1v) is 6.73. The quantitative estimate of drug-likeness (QED) is 0.572. The van der Waals surface area contributed by atoms with Crippen molar-refractivity contribution in [3.63, 3.8) is 0 Å². The van der Waals surface area contributed by atoms with Crippen molar-refractivity contribution in [1.82, 2.24) is 16.0 Å². The summed E-state index contributed by atoms with van der Waals surface area (Å²) in [6, 6.07) is 5.36.